The molecule has 17 unspecified atom stereocenters. The van der Waals surface area contributed by atoms with Crippen LogP contribution in [0.15, 0.2) is 134 Å². The zero-order valence-electron chi connectivity index (χ0n) is 55.2. The van der Waals surface area contributed by atoms with E-state index in [1.165, 1.54) is 44.9 Å². The molecule has 3 saturated heterocycles. The van der Waals surface area contributed by atoms with Crippen LogP contribution >= 0.6 is 0 Å². The predicted molar refractivity (Wildman–Crippen MR) is 359 cm³/mol. The number of allylic oxidation sites excluding steroid dienone is 21. The molecule has 0 bridgehead atoms. The van der Waals surface area contributed by atoms with Gasteiger partial charge in [0.15, 0.2) is 18.9 Å². The number of rotatable bonds is 50. The molecule has 0 aromatic rings. The molecule has 19 heteroatoms. The van der Waals surface area contributed by atoms with Crippen LogP contribution in [-0.2, 0) is 33.2 Å². The van der Waals surface area contributed by atoms with Crippen molar-refractivity contribution in [1.29, 1.82) is 0 Å². The first-order chi connectivity index (χ1) is 44.8. The molecule has 3 fully saturated rings. The van der Waals surface area contributed by atoms with Gasteiger partial charge in [0.05, 0.1) is 38.6 Å². The maximum atomic E-state index is 13.3. The Balaban J connectivity index is 1.33. The van der Waals surface area contributed by atoms with Crippen molar-refractivity contribution in [1.82, 2.24) is 5.32 Å². The molecule has 3 aliphatic heterocycles. The van der Waals surface area contributed by atoms with Gasteiger partial charge >= 0.3 is 0 Å². The van der Waals surface area contributed by atoms with E-state index in [1.54, 1.807) is 6.08 Å². The molecule has 17 atom stereocenters. The van der Waals surface area contributed by atoms with E-state index in [2.05, 4.69) is 141 Å². The summed E-state index contributed by atoms with van der Waals surface area (Å²) >= 11 is 0. The van der Waals surface area contributed by atoms with Gasteiger partial charge < -0.3 is 89.9 Å². The van der Waals surface area contributed by atoms with Gasteiger partial charge in [0.25, 0.3) is 0 Å². The van der Waals surface area contributed by atoms with E-state index in [-0.39, 0.29) is 18.9 Å². The standard InChI is InChI=1S/C73H119NO18/c1-3-5-7-9-11-13-15-16-17-18-19-20-21-22-23-24-25-26-27-28-29-30-31-32-33-34-35-36-37-38-39-40-41-43-45-47-49-51-61(79)74-56(57(78)50-48-46-44-42-14-12-10-8-6-4-2)55-87-71-67(85)64(82)69(59(53-76)89-71)92-73-68(86)65(83)70(60(54-77)90-73)91-72-66(84)63(81)62(80)58(52-75)88-72/h5-8,11,13-14,16-17,19-20,22-23,25-26,28-29,31-32,42,48,50,56-60,62-73,75-78,80-86H,3-4,9-10,12,15,18,21,24,27,30,33-41,43-47,49,51-55H2,1-2H3,(H,74,79)/b7-5-,8-6+,13-11-,17-16-,20-19-,23-22-,26-25-,29-28-,32-31-,42-14+,50-48+. The van der Waals surface area contributed by atoms with Crippen LogP contribution in [0, 0.1) is 0 Å². The molecule has 0 radical (unpaired) electrons. The summed E-state index contributed by atoms with van der Waals surface area (Å²) in [5.41, 5.74) is 0. The van der Waals surface area contributed by atoms with Crippen molar-refractivity contribution < 1.29 is 89.4 Å². The zero-order valence-corrected chi connectivity index (χ0v) is 55.2. The summed E-state index contributed by atoms with van der Waals surface area (Å²) in [5, 5.41) is 120. The molecule has 92 heavy (non-hydrogen) atoms. The van der Waals surface area contributed by atoms with E-state index >= 15 is 0 Å². The first kappa shape index (κ1) is 82.2. The molecule has 0 spiro atoms. The number of carbonyl (C=O) groups is 1. The number of carbonyl (C=O) groups excluding carboxylic acids is 1. The molecule has 3 aliphatic rings. The summed E-state index contributed by atoms with van der Waals surface area (Å²) in [6.07, 6.45) is 47.6. The number of amides is 1. The van der Waals surface area contributed by atoms with Crippen LogP contribution in [0.3, 0.4) is 0 Å². The smallest absolute Gasteiger partial charge is 0.220 e. The lowest BCUT2D eigenvalue weighted by Gasteiger charge is -2.48. The fourth-order valence-electron chi connectivity index (χ4n) is 10.7. The second-order valence-electron chi connectivity index (χ2n) is 23.9. The third kappa shape index (κ3) is 34.6. The van der Waals surface area contributed by atoms with Gasteiger partial charge in [0, 0.05) is 6.42 Å². The van der Waals surface area contributed by atoms with Crippen molar-refractivity contribution in [3.63, 3.8) is 0 Å². The van der Waals surface area contributed by atoms with Gasteiger partial charge in [-0.25, -0.2) is 0 Å². The highest BCUT2D eigenvalue weighted by atomic mass is 16.8. The van der Waals surface area contributed by atoms with Crippen LogP contribution in [-0.4, -0.2) is 193 Å². The van der Waals surface area contributed by atoms with Crippen LogP contribution < -0.4 is 5.32 Å². The summed E-state index contributed by atoms with van der Waals surface area (Å²) in [6, 6.07) is -1.00. The Morgan fingerprint density at radius 1 is 0.391 bits per heavy atom. The van der Waals surface area contributed by atoms with Crippen LogP contribution in [0.1, 0.15) is 187 Å². The van der Waals surface area contributed by atoms with Crippen molar-refractivity contribution >= 4 is 5.91 Å². The number of hydrogen-bond acceptors (Lipinski definition) is 18. The summed E-state index contributed by atoms with van der Waals surface area (Å²) in [5.74, 6) is -0.301. The summed E-state index contributed by atoms with van der Waals surface area (Å²) in [7, 11) is 0. The molecule has 0 aromatic carbocycles. The molecule has 1 amide bonds. The maximum Gasteiger partial charge on any atom is 0.220 e. The predicted octanol–water partition coefficient (Wildman–Crippen LogP) is 8.99. The number of ether oxygens (including phenoxy) is 6. The van der Waals surface area contributed by atoms with Gasteiger partial charge in [0.1, 0.15) is 73.2 Å². The van der Waals surface area contributed by atoms with E-state index < -0.39 is 124 Å². The summed E-state index contributed by atoms with van der Waals surface area (Å²) < 4.78 is 34.2. The molecular weight excluding hydrogens is 1180 g/mol. The Labute approximate surface area is 550 Å². The third-order valence-corrected chi connectivity index (χ3v) is 16.2. The second-order valence-corrected chi connectivity index (χ2v) is 23.9. The molecule has 12 N–H and O–H groups in total. The van der Waals surface area contributed by atoms with Crippen LogP contribution in [0.2, 0.25) is 0 Å². The van der Waals surface area contributed by atoms with Gasteiger partial charge in [-0.05, 0) is 103 Å². The van der Waals surface area contributed by atoms with Crippen molar-refractivity contribution in [2.24, 2.45) is 0 Å². The van der Waals surface area contributed by atoms with Crippen molar-refractivity contribution in [2.75, 3.05) is 26.4 Å². The van der Waals surface area contributed by atoms with Crippen LogP contribution in [0.5, 0.6) is 0 Å². The van der Waals surface area contributed by atoms with E-state index in [0.717, 1.165) is 109 Å². The lowest BCUT2D eigenvalue weighted by Crippen LogP contribution is -2.66. The molecule has 3 rings (SSSR count). The molecule has 19 nitrogen and oxygen atoms in total. The minimum atomic E-state index is -1.99. The van der Waals surface area contributed by atoms with Gasteiger partial charge in [-0.15, -0.1) is 0 Å². The van der Waals surface area contributed by atoms with Gasteiger partial charge in [-0.1, -0.05) is 212 Å². The molecule has 3 heterocycles. The second kappa shape index (κ2) is 53.1. The number of hydrogen-bond donors (Lipinski definition) is 12. The monoisotopic (exact) mass is 1300 g/mol. The molecule has 0 saturated carbocycles. The highest BCUT2D eigenvalue weighted by Gasteiger charge is 2.53. The third-order valence-electron chi connectivity index (χ3n) is 16.2. The minimum Gasteiger partial charge on any atom is -0.394 e. The normalized spacial score (nSPS) is 28.6. The summed E-state index contributed by atoms with van der Waals surface area (Å²) in [4.78, 5) is 13.3. The van der Waals surface area contributed by atoms with Gasteiger partial charge in [-0.3, -0.25) is 4.79 Å². The van der Waals surface area contributed by atoms with Crippen LogP contribution in [0.4, 0.5) is 0 Å². The summed E-state index contributed by atoms with van der Waals surface area (Å²) in [6.45, 7) is 1.42. The Hall–Kier alpha value is -4.07. The Morgan fingerprint density at radius 2 is 0.728 bits per heavy atom. The molecular formula is C73H119NO18. The molecule has 0 aromatic heterocycles. The van der Waals surface area contributed by atoms with E-state index in [0.29, 0.717) is 12.8 Å². The number of nitrogens with one attached hydrogen (secondary N) is 1. The Bertz CT molecular complexity index is 2190. The average Bonchev–Trinajstić information content (AvgIpc) is 0.799. The minimum absolute atomic E-state index is 0.220. The van der Waals surface area contributed by atoms with Crippen LogP contribution in [0.25, 0.3) is 0 Å². The van der Waals surface area contributed by atoms with Crippen molar-refractivity contribution in [3.05, 3.63) is 134 Å². The Morgan fingerprint density at radius 3 is 1.17 bits per heavy atom. The quantitative estimate of drug-likeness (QED) is 0.0200. The van der Waals surface area contributed by atoms with Crippen molar-refractivity contribution in [3.8, 4) is 0 Å². The van der Waals surface area contributed by atoms with E-state index in [4.69, 9.17) is 28.4 Å². The average molecular weight is 1300 g/mol. The highest BCUT2D eigenvalue weighted by molar-refractivity contribution is 5.76. The van der Waals surface area contributed by atoms with E-state index in [9.17, 15) is 61.0 Å². The topological polar surface area (TPSA) is 307 Å². The fourth-order valence-corrected chi connectivity index (χ4v) is 10.7. The van der Waals surface area contributed by atoms with Gasteiger partial charge in [0.2, 0.25) is 5.91 Å². The van der Waals surface area contributed by atoms with Crippen molar-refractivity contribution in [2.45, 2.75) is 291 Å². The van der Waals surface area contributed by atoms with Gasteiger partial charge in [-0.2, -0.15) is 0 Å². The fraction of sp³-hybridized carbons (Fsp3) is 0.685. The highest BCUT2D eigenvalue weighted by Crippen LogP contribution is 2.33. The SMILES string of the molecule is CC/C=C\C/C=C\C/C=C\C/C=C\C/C=C\C/C=C\C/C=C\C/C=C\CCCCCCCCCCCCCCC(=O)NC(COC1OC(CO)C(OC2OC(CO)C(OC3OC(CO)C(O)C(O)C3O)C(O)C2O)C(O)C1O)C(O)/C=C/CC/C=C/CC/C=C/CC. The molecule has 0 aliphatic carbocycles. The number of unbranched alkanes of at least 4 members (excludes halogenated alkanes) is 14. The Kier molecular flexibility index (Phi) is 47.4. The number of aliphatic hydroxyl groups excluding tert-OH is 11. The van der Waals surface area contributed by atoms with E-state index in [1.807, 2.05) is 6.08 Å². The maximum absolute atomic E-state index is 13.3. The largest absolute Gasteiger partial charge is 0.394 e. The first-order valence-corrected chi connectivity index (χ1v) is 34.4. The zero-order chi connectivity index (χ0) is 66.8. The first-order valence-electron chi connectivity index (χ1n) is 34.4. The lowest BCUT2D eigenvalue weighted by molar-refractivity contribution is -0.379. The lowest BCUT2D eigenvalue weighted by atomic mass is 9.96. The molecule has 524 valence electrons. The number of aliphatic hydroxyl groups is 11.